The average molecular weight is 593 g/mol. The van der Waals surface area contributed by atoms with E-state index in [-0.39, 0.29) is 41.6 Å². The third-order valence-corrected chi connectivity index (χ3v) is 10.2. The summed E-state index contributed by atoms with van der Waals surface area (Å²) in [5.41, 5.74) is 7.37. The molecular weight excluding hydrogens is 548 g/mol. The maximum absolute atomic E-state index is 13.7. The van der Waals surface area contributed by atoms with Crippen molar-refractivity contribution < 1.29 is 18.3 Å². The quantitative estimate of drug-likeness (QED) is 0.259. The van der Waals surface area contributed by atoms with Crippen LogP contribution in [0, 0.1) is 5.92 Å². The number of nitrogens with two attached hydrogens (primary N) is 1. The number of carbonyl (C=O) groups excluding carboxylic acids is 1. The summed E-state index contributed by atoms with van der Waals surface area (Å²) in [6, 6.07) is 23.0. The highest BCUT2D eigenvalue weighted by Gasteiger charge is 2.38. The molecule has 0 saturated heterocycles. The van der Waals surface area contributed by atoms with E-state index in [2.05, 4.69) is 10.3 Å². The van der Waals surface area contributed by atoms with Crippen LogP contribution in [0.2, 0.25) is 0 Å². The molecule has 3 aromatic rings. The predicted octanol–water partition coefficient (Wildman–Crippen LogP) is 4.05. The third-order valence-electron chi connectivity index (χ3n) is 8.32. The van der Waals surface area contributed by atoms with Gasteiger partial charge in [0.25, 0.3) is 0 Å². The van der Waals surface area contributed by atoms with E-state index in [1.54, 1.807) is 36.5 Å². The molecule has 2 aromatic carbocycles. The van der Waals surface area contributed by atoms with Crippen molar-refractivity contribution in [2.75, 3.05) is 19.6 Å². The lowest BCUT2D eigenvalue weighted by Crippen LogP contribution is -2.52. The van der Waals surface area contributed by atoms with Gasteiger partial charge in [-0.25, -0.2) is 8.42 Å². The number of aliphatic hydroxyl groups is 1. The summed E-state index contributed by atoms with van der Waals surface area (Å²) in [4.78, 5) is 18.5. The highest BCUT2D eigenvalue weighted by atomic mass is 32.2. The van der Waals surface area contributed by atoms with E-state index in [9.17, 15) is 18.3 Å². The molecule has 8 nitrogen and oxygen atoms in total. The lowest BCUT2D eigenvalue weighted by molar-refractivity contribution is -0.124. The second-order valence-corrected chi connectivity index (χ2v) is 13.6. The Hall–Kier alpha value is -3.11. The molecule has 42 heavy (non-hydrogen) atoms. The van der Waals surface area contributed by atoms with Gasteiger partial charge in [0.1, 0.15) is 0 Å². The largest absolute Gasteiger partial charge is 0.390 e. The van der Waals surface area contributed by atoms with Gasteiger partial charge in [-0.2, -0.15) is 4.31 Å². The molecule has 1 heterocycles. The van der Waals surface area contributed by atoms with E-state index in [0.29, 0.717) is 13.0 Å². The van der Waals surface area contributed by atoms with Crippen LogP contribution in [0.1, 0.15) is 56.7 Å². The molecule has 1 saturated carbocycles. The van der Waals surface area contributed by atoms with Gasteiger partial charge < -0.3 is 16.2 Å². The molecule has 3 atom stereocenters. The average Bonchev–Trinajstić information content (AvgIpc) is 3.02. The normalized spacial score (nSPS) is 17.3. The van der Waals surface area contributed by atoms with Crippen LogP contribution < -0.4 is 11.1 Å². The number of carbonyl (C=O) groups is 1. The molecule has 0 bridgehead atoms. The Kier molecular flexibility index (Phi) is 11.3. The first-order valence-electron chi connectivity index (χ1n) is 14.9. The van der Waals surface area contributed by atoms with Gasteiger partial charge in [-0.1, -0.05) is 80.8 Å². The van der Waals surface area contributed by atoms with Crippen LogP contribution >= 0.6 is 0 Å². The number of rotatable bonds is 14. The predicted molar refractivity (Wildman–Crippen MR) is 165 cm³/mol. The molecule has 1 aromatic heterocycles. The fraction of sp³-hybridized carbons (Fsp3) is 0.455. The number of benzene rings is 2. The minimum atomic E-state index is -3.91. The van der Waals surface area contributed by atoms with Crippen molar-refractivity contribution in [3.8, 4) is 0 Å². The molecule has 0 aliphatic heterocycles. The molecule has 0 radical (unpaired) electrons. The molecule has 1 aliphatic rings. The van der Waals surface area contributed by atoms with E-state index >= 15 is 0 Å². The zero-order valence-electron chi connectivity index (χ0n) is 24.4. The fourth-order valence-corrected chi connectivity index (χ4v) is 7.51. The lowest BCUT2D eigenvalue weighted by atomic mass is 9.69. The van der Waals surface area contributed by atoms with Crippen LogP contribution in [-0.4, -0.2) is 60.5 Å². The topological polar surface area (TPSA) is 126 Å². The summed E-state index contributed by atoms with van der Waals surface area (Å²) in [5.74, 6) is -0.294. The highest BCUT2D eigenvalue weighted by Crippen LogP contribution is 2.41. The maximum Gasteiger partial charge on any atom is 0.243 e. The van der Waals surface area contributed by atoms with Crippen LogP contribution in [0.5, 0.6) is 0 Å². The summed E-state index contributed by atoms with van der Waals surface area (Å²) in [5, 5.41) is 14.7. The number of hydrogen-bond acceptors (Lipinski definition) is 6. The van der Waals surface area contributed by atoms with Gasteiger partial charge in [0.2, 0.25) is 15.9 Å². The summed E-state index contributed by atoms with van der Waals surface area (Å²) in [7, 11) is -3.91. The van der Waals surface area contributed by atoms with Crippen molar-refractivity contribution in [2.24, 2.45) is 11.7 Å². The second kappa shape index (κ2) is 14.9. The highest BCUT2D eigenvalue weighted by molar-refractivity contribution is 7.89. The zero-order chi connectivity index (χ0) is 30.0. The fourth-order valence-electron chi connectivity index (χ4n) is 5.92. The van der Waals surface area contributed by atoms with Gasteiger partial charge in [0.15, 0.2) is 0 Å². The van der Waals surface area contributed by atoms with Crippen LogP contribution in [0.4, 0.5) is 0 Å². The Balaban J connectivity index is 1.58. The van der Waals surface area contributed by atoms with Gasteiger partial charge in [0, 0.05) is 36.8 Å². The SMILES string of the molecule is CC(CN)CN(C[C@@H](O)[C@H](Cc1ccccc1)NC(=O)CC1(c2ccccn2)CCCCC1)S(=O)(=O)c1ccccc1. The Labute approximate surface area is 250 Å². The zero-order valence-corrected chi connectivity index (χ0v) is 25.3. The molecule has 9 heteroatoms. The smallest absolute Gasteiger partial charge is 0.243 e. The molecule has 1 unspecified atom stereocenters. The van der Waals surface area contributed by atoms with Crippen LogP contribution in [0.25, 0.3) is 0 Å². The number of nitrogens with zero attached hydrogens (tertiary/aromatic N) is 2. The number of hydrogen-bond donors (Lipinski definition) is 3. The molecule has 0 spiro atoms. The minimum absolute atomic E-state index is 0.123. The number of sulfonamides is 1. The number of aromatic nitrogens is 1. The van der Waals surface area contributed by atoms with E-state index < -0.39 is 22.2 Å². The van der Waals surface area contributed by atoms with Gasteiger partial charge in [-0.15, -0.1) is 0 Å². The third kappa shape index (κ3) is 8.25. The Morgan fingerprint density at radius 3 is 2.24 bits per heavy atom. The van der Waals surface area contributed by atoms with E-state index in [4.69, 9.17) is 5.73 Å². The maximum atomic E-state index is 13.7. The lowest BCUT2D eigenvalue weighted by Gasteiger charge is -2.37. The molecular formula is C33H44N4O4S. The monoisotopic (exact) mass is 592 g/mol. The van der Waals surface area contributed by atoms with Gasteiger partial charge in [-0.3, -0.25) is 9.78 Å². The number of nitrogens with one attached hydrogen (secondary N) is 1. The Morgan fingerprint density at radius 2 is 1.62 bits per heavy atom. The number of aliphatic hydroxyl groups excluding tert-OH is 1. The van der Waals surface area contributed by atoms with Crippen molar-refractivity contribution in [1.29, 1.82) is 0 Å². The summed E-state index contributed by atoms with van der Waals surface area (Å²) >= 11 is 0. The standard InChI is InChI=1S/C33H44N4O4S/c1-26(23-34)24-37(42(40,41)28-15-7-3-8-16-28)25-30(38)29(21-27-13-5-2-6-14-27)36-32(39)22-33(18-10-4-11-19-33)31-17-9-12-20-35-31/h2-3,5-9,12-17,20,26,29-30,38H,4,10-11,18-19,21-25,34H2,1H3,(H,36,39)/t26?,29-,30+/m0/s1. The number of pyridine rings is 1. The first-order valence-corrected chi connectivity index (χ1v) is 16.4. The molecule has 4 N–H and O–H groups in total. The van der Waals surface area contributed by atoms with Crippen molar-refractivity contribution >= 4 is 15.9 Å². The van der Waals surface area contributed by atoms with Crippen molar-refractivity contribution in [3.05, 3.63) is 96.3 Å². The van der Waals surface area contributed by atoms with E-state index in [1.165, 1.54) is 4.31 Å². The van der Waals surface area contributed by atoms with Gasteiger partial charge in [0.05, 0.1) is 17.0 Å². The molecule has 1 aliphatic carbocycles. The van der Waals surface area contributed by atoms with E-state index in [1.807, 2.05) is 55.5 Å². The second-order valence-electron chi connectivity index (χ2n) is 11.6. The summed E-state index contributed by atoms with van der Waals surface area (Å²) in [6.07, 6.45) is 6.20. The molecule has 1 amide bonds. The van der Waals surface area contributed by atoms with Gasteiger partial charge >= 0.3 is 0 Å². The van der Waals surface area contributed by atoms with Crippen molar-refractivity contribution in [3.63, 3.8) is 0 Å². The summed E-state index contributed by atoms with van der Waals surface area (Å²) < 4.78 is 28.6. The minimum Gasteiger partial charge on any atom is -0.390 e. The summed E-state index contributed by atoms with van der Waals surface area (Å²) in [6.45, 7) is 2.16. The van der Waals surface area contributed by atoms with Crippen LogP contribution in [-0.2, 0) is 26.7 Å². The van der Waals surface area contributed by atoms with E-state index in [0.717, 1.165) is 43.4 Å². The van der Waals surface area contributed by atoms with Crippen LogP contribution in [0.15, 0.2) is 90.0 Å². The Morgan fingerprint density at radius 1 is 0.976 bits per heavy atom. The number of amides is 1. The van der Waals surface area contributed by atoms with Crippen LogP contribution in [0.3, 0.4) is 0 Å². The molecule has 1 fully saturated rings. The van der Waals surface area contributed by atoms with Crippen molar-refractivity contribution in [2.45, 2.75) is 74.3 Å². The molecule has 226 valence electrons. The first kappa shape index (κ1) is 31.8. The van der Waals surface area contributed by atoms with Crippen molar-refractivity contribution in [1.82, 2.24) is 14.6 Å². The first-order chi connectivity index (χ1) is 20.2. The Bertz CT molecular complexity index is 1350. The van der Waals surface area contributed by atoms with Gasteiger partial charge in [-0.05, 0) is 61.6 Å². The molecule has 4 rings (SSSR count).